The van der Waals surface area contributed by atoms with Gasteiger partial charge in [0.15, 0.2) is 0 Å². The van der Waals surface area contributed by atoms with E-state index in [1.165, 1.54) is 0 Å². The predicted octanol–water partition coefficient (Wildman–Crippen LogP) is 2.86. The van der Waals surface area contributed by atoms with Gasteiger partial charge in [0.05, 0.1) is 16.8 Å². The fourth-order valence-corrected chi connectivity index (χ4v) is 4.34. The molecular weight excluding hydrogens is 427 g/mol. The molecule has 0 unspecified atom stereocenters. The lowest BCUT2D eigenvalue weighted by Crippen LogP contribution is -2.50. The Kier molecular flexibility index (Phi) is 5.57. The highest BCUT2D eigenvalue weighted by Gasteiger charge is 2.31. The van der Waals surface area contributed by atoms with Gasteiger partial charge < -0.3 is 25.7 Å². The molecule has 0 spiro atoms. The molecule has 5 rings (SSSR count). The molecule has 0 atom stereocenters. The summed E-state index contributed by atoms with van der Waals surface area (Å²) in [7, 11) is 0. The van der Waals surface area contributed by atoms with E-state index in [1.807, 2.05) is 31.2 Å². The highest BCUT2D eigenvalue weighted by Crippen LogP contribution is 2.31. The molecule has 2 aliphatic rings. The van der Waals surface area contributed by atoms with Crippen LogP contribution in [0.15, 0.2) is 24.3 Å². The second-order valence-electron chi connectivity index (χ2n) is 8.39. The summed E-state index contributed by atoms with van der Waals surface area (Å²) < 4.78 is 16.8. The molecule has 2 aromatic heterocycles. The van der Waals surface area contributed by atoms with Gasteiger partial charge >= 0.3 is 6.09 Å². The lowest BCUT2D eigenvalue weighted by atomic mass is 9.87. The number of rotatable bonds is 6. The number of alkyl carbamates (subject to hydrolysis) is 1. The predicted molar refractivity (Wildman–Crippen MR) is 121 cm³/mol. The number of amides is 2. The third-order valence-electron chi connectivity index (χ3n) is 6.08. The van der Waals surface area contributed by atoms with Crippen molar-refractivity contribution < 1.29 is 18.7 Å². The number of nitrogens with zero attached hydrogens (tertiary/aromatic N) is 2. The highest BCUT2D eigenvalue weighted by atomic mass is 19.1. The van der Waals surface area contributed by atoms with E-state index in [0.29, 0.717) is 30.8 Å². The van der Waals surface area contributed by atoms with Crippen molar-refractivity contribution in [3.8, 4) is 11.3 Å². The van der Waals surface area contributed by atoms with Gasteiger partial charge in [0.2, 0.25) is 0 Å². The van der Waals surface area contributed by atoms with E-state index in [2.05, 4.69) is 20.9 Å². The summed E-state index contributed by atoms with van der Waals surface area (Å²) >= 11 is 0. The SMILES string of the molecule is Cc1nc2cccc(-c3cc4c([nH]3)CCNC4=O)c2nc1N[C@H]1C[C@@H](NC(=O)OCCF)C1. The molecule has 172 valence electrons. The van der Waals surface area contributed by atoms with E-state index in [0.717, 1.165) is 40.1 Å². The number of ether oxygens (including phenoxy) is 1. The zero-order valence-electron chi connectivity index (χ0n) is 18.2. The fraction of sp³-hybridized carbons (Fsp3) is 0.391. The monoisotopic (exact) mass is 452 g/mol. The van der Waals surface area contributed by atoms with E-state index in [9.17, 15) is 14.0 Å². The average Bonchev–Trinajstić information content (AvgIpc) is 3.21. The third-order valence-corrected chi connectivity index (χ3v) is 6.08. The van der Waals surface area contributed by atoms with E-state index in [4.69, 9.17) is 14.7 Å². The van der Waals surface area contributed by atoms with Crippen LogP contribution in [0.1, 0.15) is 34.6 Å². The largest absolute Gasteiger partial charge is 0.447 e. The van der Waals surface area contributed by atoms with Crippen LogP contribution in [0.2, 0.25) is 0 Å². The van der Waals surface area contributed by atoms with Gasteiger partial charge in [-0.25, -0.2) is 19.2 Å². The quantitative estimate of drug-likeness (QED) is 0.456. The second-order valence-corrected chi connectivity index (χ2v) is 8.39. The van der Waals surface area contributed by atoms with E-state index < -0.39 is 12.8 Å². The zero-order valence-corrected chi connectivity index (χ0v) is 18.2. The average molecular weight is 452 g/mol. The number of anilines is 1. The fourth-order valence-electron chi connectivity index (χ4n) is 4.34. The van der Waals surface area contributed by atoms with E-state index in [-0.39, 0.29) is 24.6 Å². The lowest BCUT2D eigenvalue weighted by molar-refractivity contribution is 0.0946. The smallest absolute Gasteiger partial charge is 0.407 e. The summed E-state index contributed by atoms with van der Waals surface area (Å²) in [4.78, 5) is 36.7. The van der Waals surface area contributed by atoms with Crippen LogP contribution in [-0.2, 0) is 11.2 Å². The molecule has 1 fully saturated rings. The maximum absolute atomic E-state index is 12.2. The van der Waals surface area contributed by atoms with Crippen molar-refractivity contribution in [2.75, 3.05) is 25.1 Å². The van der Waals surface area contributed by atoms with Crippen molar-refractivity contribution >= 4 is 28.9 Å². The van der Waals surface area contributed by atoms with Crippen LogP contribution in [0.25, 0.3) is 22.3 Å². The first-order chi connectivity index (χ1) is 16.0. The summed E-state index contributed by atoms with van der Waals surface area (Å²) in [6, 6.07) is 7.81. The van der Waals surface area contributed by atoms with Crippen molar-refractivity contribution in [3.05, 3.63) is 41.2 Å². The molecular formula is C23H25FN6O3. The van der Waals surface area contributed by atoms with Gasteiger partial charge in [0.1, 0.15) is 24.6 Å². The first-order valence-corrected chi connectivity index (χ1v) is 11.1. The van der Waals surface area contributed by atoms with E-state index >= 15 is 0 Å². The van der Waals surface area contributed by atoms with Gasteiger partial charge in [0.25, 0.3) is 5.91 Å². The maximum Gasteiger partial charge on any atom is 0.407 e. The summed E-state index contributed by atoms with van der Waals surface area (Å²) in [6.07, 6.45) is 1.60. The van der Waals surface area contributed by atoms with Crippen LogP contribution in [0.4, 0.5) is 15.0 Å². The molecule has 4 N–H and O–H groups in total. The number of fused-ring (bicyclic) bond motifs is 2. The molecule has 1 aromatic carbocycles. The number of halogens is 1. The van der Waals surface area contributed by atoms with Crippen molar-refractivity contribution in [1.29, 1.82) is 0 Å². The van der Waals surface area contributed by atoms with Gasteiger partial charge in [-0.3, -0.25) is 4.79 Å². The Balaban J connectivity index is 1.35. The zero-order chi connectivity index (χ0) is 22.9. The van der Waals surface area contributed by atoms with Crippen LogP contribution in [0.5, 0.6) is 0 Å². The number of carbonyl (C=O) groups excluding carboxylic acids is 2. The Hall–Kier alpha value is -3.69. The maximum atomic E-state index is 12.2. The van der Waals surface area contributed by atoms with Gasteiger partial charge in [0, 0.05) is 42.0 Å². The molecule has 3 heterocycles. The number of para-hydroxylation sites is 1. The Morgan fingerprint density at radius 1 is 1.24 bits per heavy atom. The van der Waals surface area contributed by atoms with Gasteiger partial charge in [-0.05, 0) is 31.9 Å². The lowest BCUT2D eigenvalue weighted by Gasteiger charge is -2.36. The van der Waals surface area contributed by atoms with Crippen molar-refractivity contribution in [1.82, 2.24) is 25.6 Å². The number of carbonyl (C=O) groups is 2. The molecule has 0 bridgehead atoms. The minimum Gasteiger partial charge on any atom is -0.447 e. The Morgan fingerprint density at radius 3 is 2.88 bits per heavy atom. The molecule has 1 aliphatic carbocycles. The number of aromatic amines is 1. The molecule has 0 saturated heterocycles. The van der Waals surface area contributed by atoms with Gasteiger partial charge in [-0.2, -0.15) is 0 Å². The first kappa shape index (κ1) is 21.2. The number of alkyl halides is 1. The van der Waals surface area contributed by atoms with Crippen molar-refractivity contribution in [2.24, 2.45) is 0 Å². The number of hydrogen-bond acceptors (Lipinski definition) is 6. The molecule has 0 radical (unpaired) electrons. The minimum absolute atomic E-state index is 0.0183. The van der Waals surface area contributed by atoms with Crippen LogP contribution in [0.3, 0.4) is 0 Å². The molecule has 33 heavy (non-hydrogen) atoms. The minimum atomic E-state index is -0.692. The molecule has 1 saturated carbocycles. The topological polar surface area (TPSA) is 121 Å². The van der Waals surface area contributed by atoms with Gasteiger partial charge in [-0.1, -0.05) is 12.1 Å². The summed E-state index contributed by atoms with van der Waals surface area (Å²) in [6.45, 7) is 1.60. The first-order valence-electron chi connectivity index (χ1n) is 11.1. The number of aryl methyl sites for hydroxylation is 1. The van der Waals surface area contributed by atoms with E-state index in [1.54, 1.807) is 0 Å². The molecule has 3 aromatic rings. The highest BCUT2D eigenvalue weighted by molar-refractivity contribution is 5.99. The molecule has 2 amide bonds. The Labute approximate surface area is 189 Å². The van der Waals surface area contributed by atoms with Crippen LogP contribution in [-0.4, -0.2) is 58.9 Å². The van der Waals surface area contributed by atoms with Crippen LogP contribution >= 0.6 is 0 Å². The Bertz CT molecular complexity index is 1220. The van der Waals surface area contributed by atoms with Crippen LogP contribution < -0.4 is 16.0 Å². The van der Waals surface area contributed by atoms with Gasteiger partial charge in [-0.15, -0.1) is 0 Å². The molecule has 1 aliphatic heterocycles. The Morgan fingerprint density at radius 2 is 2.09 bits per heavy atom. The number of benzene rings is 1. The number of H-pyrrole nitrogens is 1. The normalized spacial score (nSPS) is 19.4. The third kappa shape index (κ3) is 4.20. The van der Waals surface area contributed by atoms with Crippen molar-refractivity contribution in [2.45, 2.75) is 38.3 Å². The second kappa shape index (κ2) is 8.68. The number of aromatic nitrogens is 3. The van der Waals surface area contributed by atoms with Crippen molar-refractivity contribution in [3.63, 3.8) is 0 Å². The standard InChI is InChI=1S/C23H25FN6O3/c1-12-21(27-13-9-14(10-13)28-23(32)33-8-6-24)30-20-15(3-2-4-18(20)26-12)19-11-16-17(29-19)5-7-25-22(16)31/h2-4,11,13-14,29H,5-10H2,1H3,(H,25,31)(H,27,30)(H,28,32)/t13-,14+. The number of nitrogens with one attached hydrogen (secondary N) is 4. The summed E-state index contributed by atoms with van der Waals surface area (Å²) in [5.74, 6) is 0.623. The number of hydrogen-bond donors (Lipinski definition) is 4. The summed E-state index contributed by atoms with van der Waals surface area (Å²) in [5, 5.41) is 9.02. The van der Waals surface area contributed by atoms with Crippen LogP contribution in [0, 0.1) is 6.92 Å². The summed E-state index contributed by atoms with van der Waals surface area (Å²) in [5.41, 5.74) is 5.63. The molecule has 9 nitrogen and oxygen atoms in total. The molecule has 10 heteroatoms.